The largest absolute Gasteiger partial charge is 0.298 e. The van der Waals surface area contributed by atoms with Crippen LogP contribution < -0.4 is 5.32 Å². The number of thiazole rings is 1. The molecule has 0 fully saturated rings. The van der Waals surface area contributed by atoms with E-state index in [0.717, 1.165) is 16.2 Å². The maximum atomic E-state index is 12.4. The van der Waals surface area contributed by atoms with Crippen LogP contribution >= 0.6 is 34.7 Å². The van der Waals surface area contributed by atoms with Crippen LogP contribution in [-0.4, -0.2) is 16.1 Å². The zero-order chi connectivity index (χ0) is 17.8. The number of halogens is 1. The molecule has 3 rings (SSSR count). The lowest BCUT2D eigenvalue weighted by molar-refractivity contribution is 0.102. The molecule has 2 aromatic carbocycles. The number of nitrogens with zero attached hydrogens (tertiary/aromatic N) is 1. The number of carbonyl (C=O) groups is 1. The first-order chi connectivity index (χ1) is 12.0. The summed E-state index contributed by atoms with van der Waals surface area (Å²) in [4.78, 5) is 18.0. The van der Waals surface area contributed by atoms with Gasteiger partial charge in [0.05, 0.1) is 5.69 Å². The number of amides is 1. The Morgan fingerprint density at radius 2 is 1.80 bits per heavy atom. The van der Waals surface area contributed by atoms with Gasteiger partial charge in [0.1, 0.15) is 0 Å². The van der Waals surface area contributed by atoms with Crippen LogP contribution in [-0.2, 0) is 0 Å². The molecule has 1 heterocycles. The lowest BCUT2D eigenvalue weighted by Gasteiger charge is -2.06. The summed E-state index contributed by atoms with van der Waals surface area (Å²) in [6, 6.07) is 15.1. The summed E-state index contributed by atoms with van der Waals surface area (Å²) >= 11 is 9.08. The Morgan fingerprint density at radius 3 is 2.44 bits per heavy atom. The minimum absolute atomic E-state index is 0.155. The SMILES string of the molecule is CC(C)Sc1ccc(C(=O)Nc2nc(-c3ccc(Cl)cc3)cs2)cc1. The molecule has 0 atom stereocenters. The average Bonchev–Trinajstić information content (AvgIpc) is 3.04. The third kappa shape index (κ3) is 4.84. The molecule has 0 radical (unpaired) electrons. The Morgan fingerprint density at radius 1 is 1.12 bits per heavy atom. The highest BCUT2D eigenvalue weighted by Gasteiger charge is 2.10. The van der Waals surface area contributed by atoms with Gasteiger partial charge in [-0.2, -0.15) is 0 Å². The van der Waals surface area contributed by atoms with E-state index in [2.05, 4.69) is 24.1 Å². The molecule has 0 aliphatic heterocycles. The van der Waals surface area contributed by atoms with Crippen LogP contribution in [0, 0.1) is 0 Å². The van der Waals surface area contributed by atoms with Crippen LogP contribution in [0.15, 0.2) is 58.8 Å². The van der Waals surface area contributed by atoms with Gasteiger partial charge in [0.25, 0.3) is 5.91 Å². The van der Waals surface area contributed by atoms with Crippen molar-refractivity contribution in [2.24, 2.45) is 0 Å². The number of rotatable bonds is 5. The summed E-state index contributed by atoms with van der Waals surface area (Å²) in [6.07, 6.45) is 0. The van der Waals surface area contributed by atoms with Gasteiger partial charge in [-0.05, 0) is 36.4 Å². The number of nitrogens with one attached hydrogen (secondary N) is 1. The normalized spacial score (nSPS) is 10.9. The summed E-state index contributed by atoms with van der Waals surface area (Å²) < 4.78 is 0. The standard InChI is InChI=1S/C19H17ClN2OS2/c1-12(2)25-16-9-5-14(6-10-16)18(23)22-19-21-17(11-24-19)13-3-7-15(20)8-4-13/h3-12H,1-2H3,(H,21,22,23). The predicted molar refractivity (Wildman–Crippen MR) is 108 cm³/mol. The van der Waals surface area contributed by atoms with Gasteiger partial charge in [-0.3, -0.25) is 10.1 Å². The van der Waals surface area contributed by atoms with E-state index in [1.165, 1.54) is 11.3 Å². The topological polar surface area (TPSA) is 42.0 Å². The molecule has 0 aliphatic carbocycles. The minimum atomic E-state index is -0.155. The van der Waals surface area contributed by atoms with E-state index in [0.29, 0.717) is 21.0 Å². The molecular weight excluding hydrogens is 372 g/mol. The van der Waals surface area contributed by atoms with Gasteiger partial charge < -0.3 is 0 Å². The predicted octanol–water partition coefficient (Wildman–Crippen LogP) is 6.22. The third-order valence-electron chi connectivity index (χ3n) is 3.35. The van der Waals surface area contributed by atoms with E-state index in [-0.39, 0.29) is 5.91 Å². The van der Waals surface area contributed by atoms with Gasteiger partial charge in [-0.15, -0.1) is 23.1 Å². The summed E-state index contributed by atoms with van der Waals surface area (Å²) in [5.41, 5.74) is 2.41. The molecule has 3 aromatic rings. The second-order valence-corrected chi connectivity index (χ2v) is 8.63. The molecule has 1 N–H and O–H groups in total. The first-order valence-corrected chi connectivity index (χ1v) is 9.94. The van der Waals surface area contributed by atoms with Crippen LogP contribution in [0.2, 0.25) is 5.02 Å². The fraction of sp³-hybridized carbons (Fsp3) is 0.158. The lowest BCUT2D eigenvalue weighted by Crippen LogP contribution is -2.11. The fourth-order valence-electron chi connectivity index (χ4n) is 2.21. The Kier molecular flexibility index (Phi) is 5.78. The van der Waals surface area contributed by atoms with Crippen LogP contribution in [0.4, 0.5) is 5.13 Å². The van der Waals surface area contributed by atoms with E-state index in [1.54, 1.807) is 11.8 Å². The number of benzene rings is 2. The molecule has 6 heteroatoms. The molecule has 25 heavy (non-hydrogen) atoms. The van der Waals surface area contributed by atoms with E-state index >= 15 is 0 Å². The maximum Gasteiger partial charge on any atom is 0.257 e. The van der Waals surface area contributed by atoms with Crippen molar-refractivity contribution < 1.29 is 4.79 Å². The Bertz CT molecular complexity index is 858. The molecule has 1 aromatic heterocycles. The molecule has 128 valence electrons. The van der Waals surface area contributed by atoms with Crippen LogP contribution in [0.25, 0.3) is 11.3 Å². The van der Waals surface area contributed by atoms with Crippen molar-refractivity contribution >= 4 is 45.7 Å². The fourth-order valence-corrected chi connectivity index (χ4v) is 3.89. The number of hydrogen-bond donors (Lipinski definition) is 1. The van der Waals surface area contributed by atoms with Crippen LogP contribution in [0.3, 0.4) is 0 Å². The first-order valence-electron chi connectivity index (χ1n) is 7.81. The van der Waals surface area contributed by atoms with E-state index < -0.39 is 0 Å². The summed E-state index contributed by atoms with van der Waals surface area (Å²) in [5.74, 6) is -0.155. The molecule has 3 nitrogen and oxygen atoms in total. The highest BCUT2D eigenvalue weighted by atomic mass is 35.5. The minimum Gasteiger partial charge on any atom is -0.298 e. The number of anilines is 1. The van der Waals surface area contributed by atoms with Gasteiger partial charge >= 0.3 is 0 Å². The molecule has 0 aliphatic rings. The molecule has 0 saturated carbocycles. The van der Waals surface area contributed by atoms with Gasteiger partial charge in [0.15, 0.2) is 5.13 Å². The highest BCUT2D eigenvalue weighted by molar-refractivity contribution is 7.99. The summed E-state index contributed by atoms with van der Waals surface area (Å²) in [6.45, 7) is 4.29. The Hall–Kier alpha value is -1.82. The third-order valence-corrected chi connectivity index (χ3v) is 5.38. The zero-order valence-electron chi connectivity index (χ0n) is 13.8. The zero-order valence-corrected chi connectivity index (χ0v) is 16.2. The number of thioether (sulfide) groups is 1. The van der Waals surface area contributed by atoms with Crippen LogP contribution in [0.1, 0.15) is 24.2 Å². The lowest BCUT2D eigenvalue weighted by atomic mass is 10.2. The van der Waals surface area contributed by atoms with Crippen molar-refractivity contribution in [3.63, 3.8) is 0 Å². The Labute approximate surface area is 160 Å². The Balaban J connectivity index is 1.68. The van der Waals surface area contributed by atoms with Crippen molar-refractivity contribution in [2.45, 2.75) is 24.0 Å². The van der Waals surface area contributed by atoms with Gasteiger partial charge in [-0.1, -0.05) is 37.6 Å². The smallest absolute Gasteiger partial charge is 0.257 e. The van der Waals surface area contributed by atoms with Crippen molar-refractivity contribution in [3.8, 4) is 11.3 Å². The van der Waals surface area contributed by atoms with Crippen molar-refractivity contribution in [1.82, 2.24) is 4.98 Å². The number of carbonyl (C=O) groups excluding carboxylic acids is 1. The quantitative estimate of drug-likeness (QED) is 0.528. The second-order valence-electron chi connectivity index (χ2n) is 5.69. The number of hydrogen-bond acceptors (Lipinski definition) is 4. The molecule has 1 amide bonds. The molecule has 0 saturated heterocycles. The summed E-state index contributed by atoms with van der Waals surface area (Å²) in [7, 11) is 0. The van der Waals surface area contributed by atoms with E-state index in [4.69, 9.17) is 11.6 Å². The molecular formula is C19H17ClN2OS2. The maximum absolute atomic E-state index is 12.4. The van der Waals surface area contributed by atoms with E-state index in [1.807, 2.05) is 53.9 Å². The second kappa shape index (κ2) is 8.04. The molecule has 0 spiro atoms. The van der Waals surface area contributed by atoms with E-state index in [9.17, 15) is 4.79 Å². The summed E-state index contributed by atoms with van der Waals surface area (Å²) in [5, 5.41) is 6.55. The molecule has 0 unspecified atom stereocenters. The van der Waals surface area contributed by atoms with Crippen LogP contribution in [0.5, 0.6) is 0 Å². The van der Waals surface area contributed by atoms with Crippen molar-refractivity contribution in [2.75, 3.05) is 5.32 Å². The van der Waals surface area contributed by atoms with Gasteiger partial charge in [-0.25, -0.2) is 4.98 Å². The number of aromatic nitrogens is 1. The monoisotopic (exact) mass is 388 g/mol. The van der Waals surface area contributed by atoms with Crippen molar-refractivity contribution in [3.05, 3.63) is 64.5 Å². The average molecular weight is 389 g/mol. The van der Waals surface area contributed by atoms with Gasteiger partial charge in [0.2, 0.25) is 0 Å². The highest BCUT2D eigenvalue weighted by Crippen LogP contribution is 2.27. The molecule has 0 bridgehead atoms. The van der Waals surface area contributed by atoms with Crippen molar-refractivity contribution in [1.29, 1.82) is 0 Å². The first kappa shape index (κ1) is 18.0. The van der Waals surface area contributed by atoms with Gasteiger partial charge in [0, 0.05) is 31.7 Å².